The van der Waals surface area contributed by atoms with Crippen LogP contribution in [-0.2, 0) is 6.54 Å². The van der Waals surface area contributed by atoms with Crippen molar-refractivity contribution in [1.82, 2.24) is 10.6 Å². The zero-order valence-corrected chi connectivity index (χ0v) is 17.3. The second-order valence-corrected chi connectivity index (χ2v) is 6.04. The minimum absolute atomic E-state index is 0.277. The topological polar surface area (TPSA) is 73.3 Å². The fraction of sp³-hybridized carbons (Fsp3) is 0.381. The molecule has 0 unspecified atom stereocenters. The van der Waals surface area contributed by atoms with Crippen molar-refractivity contribution in [3.05, 3.63) is 47.8 Å². The number of nitrogens with one attached hydrogen (secondary N) is 2. The molecule has 29 heavy (non-hydrogen) atoms. The molecular weight excluding hydrogens is 377 g/mol. The second-order valence-electron chi connectivity index (χ2n) is 6.04. The van der Waals surface area contributed by atoms with Gasteiger partial charge in [-0.2, -0.15) is 0 Å². The van der Waals surface area contributed by atoms with E-state index in [-0.39, 0.29) is 5.82 Å². The maximum Gasteiger partial charge on any atom is 0.203 e. The maximum atomic E-state index is 12.9. The molecule has 0 spiro atoms. The van der Waals surface area contributed by atoms with Gasteiger partial charge >= 0.3 is 0 Å². The van der Waals surface area contributed by atoms with E-state index < -0.39 is 0 Å². The quantitative estimate of drug-likeness (QED) is 0.360. The van der Waals surface area contributed by atoms with Crippen molar-refractivity contribution >= 4 is 5.96 Å². The third-order valence-corrected chi connectivity index (χ3v) is 4.10. The maximum absolute atomic E-state index is 12.9. The van der Waals surface area contributed by atoms with E-state index in [2.05, 4.69) is 15.6 Å². The first-order valence-corrected chi connectivity index (χ1v) is 9.23. The van der Waals surface area contributed by atoms with Crippen LogP contribution in [0.1, 0.15) is 12.0 Å². The molecule has 2 rings (SSSR count). The predicted octanol–water partition coefficient (Wildman–Crippen LogP) is 2.99. The molecule has 0 fully saturated rings. The molecule has 7 nitrogen and oxygen atoms in total. The summed E-state index contributed by atoms with van der Waals surface area (Å²) in [5.41, 5.74) is 0.960. The molecule has 0 aliphatic rings. The van der Waals surface area contributed by atoms with Crippen molar-refractivity contribution in [3.8, 4) is 23.0 Å². The van der Waals surface area contributed by atoms with Crippen LogP contribution in [0.4, 0.5) is 4.39 Å². The van der Waals surface area contributed by atoms with Gasteiger partial charge in [-0.3, -0.25) is 4.99 Å². The molecular formula is C21H28FN3O4. The van der Waals surface area contributed by atoms with E-state index >= 15 is 0 Å². The third-order valence-electron chi connectivity index (χ3n) is 4.10. The highest BCUT2D eigenvalue weighted by atomic mass is 19.1. The molecule has 2 aromatic rings. The van der Waals surface area contributed by atoms with Crippen molar-refractivity contribution in [2.75, 3.05) is 41.5 Å². The number of hydrogen-bond acceptors (Lipinski definition) is 5. The molecule has 0 aliphatic heterocycles. The Labute approximate surface area is 170 Å². The average molecular weight is 405 g/mol. The van der Waals surface area contributed by atoms with E-state index in [1.54, 1.807) is 40.5 Å². The van der Waals surface area contributed by atoms with Gasteiger partial charge in [-0.1, -0.05) is 0 Å². The molecule has 0 aliphatic carbocycles. The highest BCUT2D eigenvalue weighted by Gasteiger charge is 2.13. The number of hydrogen-bond donors (Lipinski definition) is 2. The van der Waals surface area contributed by atoms with Crippen molar-refractivity contribution in [2.24, 2.45) is 4.99 Å². The van der Waals surface area contributed by atoms with Crippen LogP contribution in [-0.4, -0.2) is 47.5 Å². The Morgan fingerprint density at radius 1 is 0.966 bits per heavy atom. The van der Waals surface area contributed by atoms with E-state index in [0.717, 1.165) is 12.0 Å². The second kappa shape index (κ2) is 11.6. The fourth-order valence-corrected chi connectivity index (χ4v) is 2.64. The summed E-state index contributed by atoms with van der Waals surface area (Å²) in [5, 5.41) is 6.47. The van der Waals surface area contributed by atoms with Crippen LogP contribution in [0.2, 0.25) is 0 Å². The van der Waals surface area contributed by atoms with Crippen LogP contribution >= 0.6 is 0 Å². The summed E-state index contributed by atoms with van der Waals surface area (Å²) in [6.07, 6.45) is 0.766. The van der Waals surface area contributed by atoms with E-state index in [4.69, 9.17) is 18.9 Å². The highest BCUT2D eigenvalue weighted by Crippen LogP contribution is 2.38. The number of halogens is 1. The zero-order valence-electron chi connectivity index (χ0n) is 17.3. The van der Waals surface area contributed by atoms with Gasteiger partial charge in [-0.15, -0.1) is 0 Å². The van der Waals surface area contributed by atoms with Gasteiger partial charge in [0.2, 0.25) is 5.75 Å². The minimum Gasteiger partial charge on any atom is -0.494 e. The Bertz CT molecular complexity index is 772. The molecule has 0 radical (unpaired) electrons. The molecule has 2 N–H and O–H groups in total. The molecule has 0 saturated heterocycles. The van der Waals surface area contributed by atoms with Crippen molar-refractivity contribution in [3.63, 3.8) is 0 Å². The number of guanidine groups is 1. The summed E-state index contributed by atoms with van der Waals surface area (Å²) in [6.45, 7) is 1.72. The monoisotopic (exact) mass is 405 g/mol. The largest absolute Gasteiger partial charge is 0.494 e. The molecule has 0 heterocycles. The molecule has 158 valence electrons. The van der Waals surface area contributed by atoms with Crippen LogP contribution in [0.25, 0.3) is 0 Å². The van der Waals surface area contributed by atoms with Crippen LogP contribution in [0.5, 0.6) is 23.0 Å². The van der Waals surface area contributed by atoms with Gasteiger partial charge in [0.05, 0.1) is 27.9 Å². The van der Waals surface area contributed by atoms with Crippen LogP contribution in [0.3, 0.4) is 0 Å². The molecule has 2 aromatic carbocycles. The lowest BCUT2D eigenvalue weighted by Crippen LogP contribution is -2.37. The Morgan fingerprint density at radius 2 is 1.62 bits per heavy atom. The van der Waals surface area contributed by atoms with E-state index in [1.807, 2.05) is 12.1 Å². The van der Waals surface area contributed by atoms with Gasteiger partial charge in [0.1, 0.15) is 11.6 Å². The summed E-state index contributed by atoms with van der Waals surface area (Å²) >= 11 is 0. The lowest BCUT2D eigenvalue weighted by atomic mass is 10.2. The average Bonchev–Trinajstić information content (AvgIpc) is 2.75. The first kappa shape index (κ1) is 22.1. The SMILES string of the molecule is CN=C(NCCCOc1ccc(F)cc1)NCc1cc(OC)c(OC)c(OC)c1. The predicted molar refractivity (Wildman–Crippen MR) is 111 cm³/mol. The summed E-state index contributed by atoms with van der Waals surface area (Å²) < 4.78 is 34.5. The molecule has 0 bridgehead atoms. The minimum atomic E-state index is -0.277. The number of rotatable bonds is 10. The Morgan fingerprint density at radius 3 is 2.17 bits per heavy atom. The van der Waals surface area contributed by atoms with Gasteiger partial charge in [0.15, 0.2) is 17.5 Å². The van der Waals surface area contributed by atoms with E-state index in [1.165, 1.54) is 12.1 Å². The van der Waals surface area contributed by atoms with Crippen LogP contribution < -0.4 is 29.6 Å². The van der Waals surface area contributed by atoms with Crippen molar-refractivity contribution in [1.29, 1.82) is 0 Å². The van der Waals surface area contributed by atoms with Gasteiger partial charge in [0, 0.05) is 20.1 Å². The first-order chi connectivity index (χ1) is 14.1. The number of ether oxygens (including phenoxy) is 4. The lowest BCUT2D eigenvalue weighted by Gasteiger charge is -2.16. The Balaban J connectivity index is 1.79. The van der Waals surface area contributed by atoms with Gasteiger partial charge in [-0.05, 0) is 48.4 Å². The fourth-order valence-electron chi connectivity index (χ4n) is 2.64. The summed E-state index contributed by atoms with van der Waals surface area (Å²) in [6, 6.07) is 9.75. The van der Waals surface area contributed by atoms with Gasteiger partial charge in [0.25, 0.3) is 0 Å². The summed E-state index contributed by atoms with van der Waals surface area (Å²) in [4.78, 5) is 4.21. The van der Waals surface area contributed by atoms with E-state index in [9.17, 15) is 4.39 Å². The number of methoxy groups -OCH3 is 3. The molecule has 8 heteroatoms. The van der Waals surface area contributed by atoms with Gasteiger partial charge < -0.3 is 29.6 Å². The Kier molecular flexibility index (Phi) is 8.88. The Hall–Kier alpha value is -3.16. The molecule has 0 atom stereocenters. The normalized spacial score (nSPS) is 11.0. The number of nitrogens with zero attached hydrogens (tertiary/aromatic N) is 1. The molecule has 0 saturated carbocycles. The van der Waals surface area contributed by atoms with Crippen molar-refractivity contribution < 1.29 is 23.3 Å². The summed E-state index contributed by atoms with van der Waals surface area (Å²) in [7, 11) is 6.45. The number of aliphatic imine (C=N–C) groups is 1. The van der Waals surface area contributed by atoms with Gasteiger partial charge in [-0.25, -0.2) is 4.39 Å². The summed E-state index contributed by atoms with van der Waals surface area (Å²) in [5.74, 6) is 2.80. The van der Waals surface area contributed by atoms with Crippen LogP contribution in [0.15, 0.2) is 41.4 Å². The van der Waals surface area contributed by atoms with Crippen LogP contribution in [0, 0.1) is 5.82 Å². The first-order valence-electron chi connectivity index (χ1n) is 9.23. The molecule has 0 amide bonds. The zero-order chi connectivity index (χ0) is 21.1. The smallest absolute Gasteiger partial charge is 0.203 e. The lowest BCUT2D eigenvalue weighted by molar-refractivity contribution is 0.310. The molecule has 0 aromatic heterocycles. The standard InChI is InChI=1S/C21H28FN3O4/c1-23-21(24-10-5-11-29-17-8-6-16(22)7-9-17)25-14-15-12-18(26-2)20(28-4)19(13-15)27-3/h6-9,12-13H,5,10-11,14H2,1-4H3,(H2,23,24,25). The van der Waals surface area contributed by atoms with Crippen molar-refractivity contribution in [2.45, 2.75) is 13.0 Å². The highest BCUT2D eigenvalue weighted by molar-refractivity contribution is 5.79. The van der Waals surface area contributed by atoms with E-state index in [0.29, 0.717) is 48.7 Å². The third kappa shape index (κ3) is 6.74. The number of benzene rings is 2.